The van der Waals surface area contributed by atoms with Gasteiger partial charge in [-0.1, -0.05) is 60.6 Å². The Balaban J connectivity index is 1.38. The summed E-state index contributed by atoms with van der Waals surface area (Å²) in [4.78, 5) is 0. The van der Waals surface area contributed by atoms with Gasteiger partial charge in [0, 0.05) is 0 Å². The van der Waals surface area contributed by atoms with E-state index in [0.29, 0.717) is 33.0 Å². The van der Waals surface area contributed by atoms with Crippen molar-refractivity contribution in [3.05, 3.63) is 18.6 Å². The maximum absolute atomic E-state index is 4.38. The molecule has 5 aliphatic rings. The summed E-state index contributed by atoms with van der Waals surface area (Å²) in [5, 5.41) is 0. The molecule has 175 valence electrons. The van der Waals surface area contributed by atoms with Gasteiger partial charge >= 0.3 is 0 Å². The molecule has 5 aliphatic carbocycles. The molecule has 0 unspecified atom stereocenters. The highest BCUT2D eigenvalue weighted by atomic mass is 14.9. The van der Waals surface area contributed by atoms with E-state index in [0.717, 1.165) is 23.7 Å². The van der Waals surface area contributed by atoms with Crippen molar-refractivity contribution in [3.8, 4) is 0 Å². The molecule has 5 rings (SSSR count). The zero-order valence-electron chi connectivity index (χ0n) is 21.9. The SMILES string of the molecule is C=C(CC[C@@H](C)[C@H]1CC[C@@]2(C)[C@@H]3CC[C@H]4C(C)(C)CC[CH][C@@]45C[C@@]35CC[C@]12C)C(C)C. The fourth-order valence-electron chi connectivity index (χ4n) is 10.9. The van der Waals surface area contributed by atoms with E-state index in [9.17, 15) is 0 Å². The van der Waals surface area contributed by atoms with Gasteiger partial charge in [-0.3, -0.25) is 0 Å². The first-order valence-corrected chi connectivity index (χ1v) is 14.0. The quantitative estimate of drug-likeness (QED) is 0.386. The minimum Gasteiger partial charge on any atom is -0.0996 e. The molecule has 0 heterocycles. The average molecular weight is 424 g/mol. The van der Waals surface area contributed by atoms with Crippen molar-refractivity contribution < 1.29 is 0 Å². The molecule has 0 N–H and O–H groups in total. The summed E-state index contributed by atoms with van der Waals surface area (Å²) >= 11 is 0. The smallest absolute Gasteiger partial charge is 0.0168 e. The predicted molar refractivity (Wildman–Crippen MR) is 134 cm³/mol. The van der Waals surface area contributed by atoms with Crippen molar-refractivity contribution in [3.63, 3.8) is 0 Å². The monoisotopic (exact) mass is 423 g/mol. The van der Waals surface area contributed by atoms with Crippen molar-refractivity contribution in [2.45, 2.75) is 119 Å². The molecule has 0 aromatic heterocycles. The van der Waals surface area contributed by atoms with Gasteiger partial charge in [0.2, 0.25) is 0 Å². The average Bonchev–Trinajstić information content (AvgIpc) is 3.27. The Kier molecular flexibility index (Phi) is 5.00. The Morgan fingerprint density at radius 2 is 1.61 bits per heavy atom. The molecular weight excluding hydrogens is 372 g/mol. The molecule has 0 amide bonds. The van der Waals surface area contributed by atoms with Crippen LogP contribution in [0.2, 0.25) is 0 Å². The minimum absolute atomic E-state index is 0.558. The fourth-order valence-corrected chi connectivity index (χ4v) is 10.9. The van der Waals surface area contributed by atoms with Crippen LogP contribution in [-0.4, -0.2) is 0 Å². The van der Waals surface area contributed by atoms with Crippen molar-refractivity contribution in [2.24, 2.45) is 56.7 Å². The van der Waals surface area contributed by atoms with Crippen molar-refractivity contribution in [2.75, 3.05) is 0 Å². The summed E-state index contributed by atoms with van der Waals surface area (Å²) in [6.45, 7) is 22.3. The van der Waals surface area contributed by atoms with E-state index >= 15 is 0 Å². The van der Waals surface area contributed by atoms with Gasteiger partial charge in [-0.05, 0) is 134 Å². The predicted octanol–water partition coefficient (Wildman–Crippen LogP) is 9.26. The first-order chi connectivity index (χ1) is 14.4. The standard InChI is InChI=1S/C31H51/c1-21(2)22(3)10-11-23(4)24-14-17-29(8)26-13-12-25-27(5,6)15-9-16-30(25)20-31(26,30)19-18-28(24,29)7/h16,21,23-26H,3,9-15,17-20H2,1-2,4-8H3/t23-,24-,25+,26+,28-,29+,30-,31+/m1/s1. The van der Waals surface area contributed by atoms with Gasteiger partial charge in [0.25, 0.3) is 0 Å². The second kappa shape index (κ2) is 6.88. The Labute approximate surface area is 194 Å². The van der Waals surface area contributed by atoms with Crippen LogP contribution in [0.25, 0.3) is 0 Å². The molecule has 1 radical (unpaired) electrons. The molecule has 0 heteroatoms. The van der Waals surface area contributed by atoms with E-state index in [1.165, 1.54) is 69.8 Å². The zero-order valence-corrected chi connectivity index (χ0v) is 21.9. The number of rotatable bonds is 5. The minimum atomic E-state index is 0.558. The molecule has 5 fully saturated rings. The molecule has 0 aromatic carbocycles. The molecule has 5 saturated carbocycles. The first kappa shape index (κ1) is 22.5. The van der Waals surface area contributed by atoms with E-state index in [-0.39, 0.29) is 0 Å². The summed E-state index contributed by atoms with van der Waals surface area (Å²) in [7, 11) is 0. The number of allylic oxidation sites excluding steroid dienone is 1. The van der Waals surface area contributed by atoms with Crippen molar-refractivity contribution >= 4 is 0 Å². The van der Waals surface area contributed by atoms with E-state index in [1.807, 2.05) is 0 Å². The van der Waals surface area contributed by atoms with E-state index < -0.39 is 0 Å². The molecule has 0 aliphatic heterocycles. The third kappa shape index (κ3) is 2.78. The highest BCUT2D eigenvalue weighted by Crippen LogP contribution is 2.88. The van der Waals surface area contributed by atoms with Crippen LogP contribution in [0.1, 0.15) is 119 Å². The van der Waals surface area contributed by atoms with Crippen LogP contribution in [0.3, 0.4) is 0 Å². The van der Waals surface area contributed by atoms with Gasteiger partial charge in [-0.15, -0.1) is 0 Å². The van der Waals surface area contributed by atoms with Crippen LogP contribution >= 0.6 is 0 Å². The van der Waals surface area contributed by atoms with Gasteiger partial charge in [0.1, 0.15) is 0 Å². The van der Waals surface area contributed by atoms with Crippen molar-refractivity contribution in [1.82, 2.24) is 0 Å². The lowest BCUT2D eigenvalue weighted by atomic mass is 9.42. The summed E-state index contributed by atoms with van der Waals surface area (Å²) in [6, 6.07) is 0. The maximum atomic E-state index is 4.38. The summed E-state index contributed by atoms with van der Waals surface area (Å²) < 4.78 is 0. The van der Waals surface area contributed by atoms with E-state index in [1.54, 1.807) is 6.42 Å². The second-order valence-corrected chi connectivity index (χ2v) is 14.6. The number of hydrogen-bond donors (Lipinski definition) is 0. The van der Waals surface area contributed by atoms with Crippen LogP contribution in [0.4, 0.5) is 0 Å². The summed E-state index contributed by atoms with van der Waals surface area (Å²) in [6.07, 6.45) is 18.9. The highest BCUT2D eigenvalue weighted by Gasteiger charge is 2.81. The summed E-state index contributed by atoms with van der Waals surface area (Å²) in [5.41, 5.74) is 4.48. The molecule has 0 bridgehead atoms. The molecule has 0 nitrogen and oxygen atoms in total. The van der Waals surface area contributed by atoms with Gasteiger partial charge in [0.05, 0.1) is 0 Å². The van der Waals surface area contributed by atoms with E-state index in [2.05, 4.69) is 61.5 Å². The number of fused-ring (bicyclic) bond motifs is 2. The zero-order chi connectivity index (χ0) is 22.4. The Morgan fingerprint density at radius 3 is 2.32 bits per heavy atom. The molecular formula is C31H51. The van der Waals surface area contributed by atoms with Gasteiger partial charge in [-0.25, -0.2) is 0 Å². The van der Waals surface area contributed by atoms with Crippen LogP contribution in [0.5, 0.6) is 0 Å². The largest absolute Gasteiger partial charge is 0.0996 e. The third-order valence-electron chi connectivity index (χ3n) is 13.1. The fraction of sp³-hybridized carbons (Fsp3) is 0.903. The topological polar surface area (TPSA) is 0 Å². The lowest BCUT2D eigenvalue weighted by Gasteiger charge is -2.63. The highest BCUT2D eigenvalue weighted by molar-refractivity contribution is 5.33. The van der Waals surface area contributed by atoms with E-state index in [4.69, 9.17) is 0 Å². The van der Waals surface area contributed by atoms with Crippen molar-refractivity contribution in [1.29, 1.82) is 0 Å². The van der Waals surface area contributed by atoms with Crippen LogP contribution < -0.4 is 0 Å². The van der Waals surface area contributed by atoms with Crippen LogP contribution in [-0.2, 0) is 0 Å². The molecule has 0 aromatic rings. The Morgan fingerprint density at radius 1 is 0.903 bits per heavy atom. The van der Waals surface area contributed by atoms with Crippen LogP contribution in [0.15, 0.2) is 12.2 Å². The molecule has 8 atom stereocenters. The van der Waals surface area contributed by atoms with Gasteiger partial charge in [-0.2, -0.15) is 0 Å². The third-order valence-corrected chi connectivity index (χ3v) is 13.1. The summed E-state index contributed by atoms with van der Waals surface area (Å²) in [5.74, 6) is 4.37. The lowest BCUT2D eigenvalue weighted by Crippen LogP contribution is -2.56. The first-order valence-electron chi connectivity index (χ1n) is 14.0. The maximum Gasteiger partial charge on any atom is -0.0168 e. The lowest BCUT2D eigenvalue weighted by molar-refractivity contribution is -0.133. The second-order valence-electron chi connectivity index (χ2n) is 14.6. The number of hydrogen-bond acceptors (Lipinski definition) is 0. The Bertz CT molecular complexity index is 743. The van der Waals surface area contributed by atoms with Crippen LogP contribution in [0, 0.1) is 63.1 Å². The normalized spacial score (nSPS) is 50.8. The van der Waals surface area contributed by atoms with Gasteiger partial charge < -0.3 is 0 Å². The van der Waals surface area contributed by atoms with Gasteiger partial charge in [0.15, 0.2) is 0 Å². The Hall–Kier alpha value is -0.260. The molecule has 2 spiro atoms. The molecule has 0 saturated heterocycles. The molecule has 31 heavy (non-hydrogen) atoms.